The molecule has 0 spiro atoms. The fraction of sp³-hybridized carbons (Fsp3) is 0.222. The summed E-state index contributed by atoms with van der Waals surface area (Å²) in [5.41, 5.74) is 1.11. The number of rotatable bonds is 9. The number of hydrogen-bond donors (Lipinski definition) is 2. The van der Waals surface area contributed by atoms with Crippen molar-refractivity contribution < 1.29 is 32.2 Å². The van der Waals surface area contributed by atoms with Crippen LogP contribution in [0.2, 0.25) is 0 Å². The first-order valence-corrected chi connectivity index (χ1v) is 11.7. The average molecular weight is 527 g/mol. The van der Waals surface area contributed by atoms with E-state index in [9.17, 15) is 18.0 Å². The number of nitrogens with one attached hydrogen (secondary N) is 2. The van der Waals surface area contributed by atoms with Crippen molar-refractivity contribution in [2.24, 2.45) is 0 Å². The lowest BCUT2D eigenvalue weighted by Crippen LogP contribution is -2.14. The molecule has 0 aliphatic heterocycles. The Bertz CT molecular complexity index is 1450. The molecule has 0 radical (unpaired) electrons. The highest BCUT2D eigenvalue weighted by atomic mass is 19.4. The predicted molar refractivity (Wildman–Crippen MR) is 138 cm³/mol. The highest BCUT2D eigenvalue weighted by Crippen LogP contribution is 2.40. The Kier molecular flexibility index (Phi) is 7.85. The molecular weight excluding hydrogens is 501 g/mol. The van der Waals surface area contributed by atoms with Crippen molar-refractivity contribution in [3.05, 3.63) is 72.1 Å². The van der Waals surface area contributed by atoms with Crippen molar-refractivity contribution in [3.8, 4) is 17.2 Å². The van der Waals surface area contributed by atoms with Gasteiger partial charge in [-0.15, -0.1) is 0 Å². The van der Waals surface area contributed by atoms with Crippen molar-refractivity contribution in [1.29, 1.82) is 0 Å². The minimum Gasteiger partial charge on any atom is -0.497 e. The Morgan fingerprint density at radius 1 is 0.895 bits per heavy atom. The predicted octanol–water partition coefficient (Wildman–Crippen LogP) is 6.45. The molecule has 0 saturated carbocycles. The zero-order chi connectivity index (χ0) is 27.3. The molecule has 3 aromatic carbocycles. The first-order valence-electron chi connectivity index (χ1n) is 11.7. The second-order valence-electron chi connectivity index (χ2n) is 7.93. The van der Waals surface area contributed by atoms with Crippen LogP contribution < -0.4 is 24.8 Å². The number of carbonyl (C=O) groups is 1. The van der Waals surface area contributed by atoms with Crippen LogP contribution >= 0.6 is 0 Å². The summed E-state index contributed by atoms with van der Waals surface area (Å²) < 4.78 is 57.5. The maximum absolute atomic E-state index is 13.6. The summed E-state index contributed by atoms with van der Waals surface area (Å²) in [5, 5.41) is 6.10. The van der Waals surface area contributed by atoms with Crippen molar-refractivity contribution in [1.82, 2.24) is 9.97 Å². The summed E-state index contributed by atoms with van der Waals surface area (Å²) in [7, 11) is 1.41. The molecular formula is C27H25F3N4O4. The van der Waals surface area contributed by atoms with E-state index in [1.807, 2.05) is 0 Å². The molecule has 1 heterocycles. The quantitative estimate of drug-likeness (QED) is 0.259. The van der Waals surface area contributed by atoms with Crippen LogP contribution in [-0.2, 0) is 6.18 Å². The summed E-state index contributed by atoms with van der Waals surface area (Å²) >= 11 is 0. The fourth-order valence-electron chi connectivity index (χ4n) is 3.68. The van der Waals surface area contributed by atoms with E-state index in [0.717, 1.165) is 0 Å². The van der Waals surface area contributed by atoms with E-state index in [4.69, 9.17) is 14.2 Å². The minimum absolute atomic E-state index is 0.0453. The van der Waals surface area contributed by atoms with E-state index in [1.54, 1.807) is 68.4 Å². The molecule has 1 aromatic heterocycles. The number of methoxy groups -OCH3 is 1. The lowest BCUT2D eigenvalue weighted by Gasteiger charge is -2.19. The van der Waals surface area contributed by atoms with Gasteiger partial charge in [-0.1, -0.05) is 18.2 Å². The summed E-state index contributed by atoms with van der Waals surface area (Å²) in [6.07, 6.45) is -4.78. The van der Waals surface area contributed by atoms with Crippen LogP contribution in [0, 0.1) is 0 Å². The van der Waals surface area contributed by atoms with Gasteiger partial charge in [0.1, 0.15) is 23.1 Å². The third-order valence-electron chi connectivity index (χ3n) is 5.38. The topological polar surface area (TPSA) is 94.6 Å². The Morgan fingerprint density at radius 2 is 1.55 bits per heavy atom. The van der Waals surface area contributed by atoms with Crippen molar-refractivity contribution in [2.45, 2.75) is 20.0 Å². The van der Waals surface area contributed by atoms with Gasteiger partial charge in [-0.3, -0.25) is 4.79 Å². The molecule has 4 aromatic rings. The van der Waals surface area contributed by atoms with Gasteiger partial charge in [-0.05, 0) is 38.1 Å². The van der Waals surface area contributed by atoms with Crippen LogP contribution in [0.3, 0.4) is 0 Å². The standard InChI is InChI=1S/C27H25F3N4O4/c1-4-37-22-15-21(32-25(35)16-9-7-6-8-10-16)23(38-5-2)14-20(22)31-24-18-12-11-17(36-3)13-19(18)33-26(34-24)27(28,29)30/h6-15H,4-5H2,1-3H3,(H,32,35)(H,31,33,34). The Morgan fingerprint density at radius 3 is 2.18 bits per heavy atom. The van der Waals surface area contributed by atoms with Crippen LogP contribution in [0.4, 0.5) is 30.4 Å². The number of fused-ring (bicyclic) bond motifs is 1. The molecule has 0 atom stereocenters. The van der Waals surface area contributed by atoms with E-state index in [0.29, 0.717) is 28.1 Å². The second kappa shape index (κ2) is 11.2. The lowest BCUT2D eigenvalue weighted by molar-refractivity contribution is -0.144. The third-order valence-corrected chi connectivity index (χ3v) is 5.38. The van der Waals surface area contributed by atoms with Gasteiger partial charge in [-0.2, -0.15) is 13.2 Å². The summed E-state index contributed by atoms with van der Waals surface area (Å²) in [5.74, 6) is -0.848. The molecule has 198 valence electrons. The Balaban J connectivity index is 1.80. The molecule has 1 amide bonds. The smallest absolute Gasteiger partial charge is 0.451 e. The van der Waals surface area contributed by atoms with Crippen molar-refractivity contribution in [2.75, 3.05) is 31.0 Å². The number of anilines is 3. The van der Waals surface area contributed by atoms with Crippen LogP contribution in [0.1, 0.15) is 30.0 Å². The summed E-state index contributed by atoms with van der Waals surface area (Å²) in [4.78, 5) is 20.2. The van der Waals surface area contributed by atoms with Crippen molar-refractivity contribution in [3.63, 3.8) is 0 Å². The number of halogens is 3. The molecule has 8 nitrogen and oxygen atoms in total. The fourth-order valence-corrected chi connectivity index (χ4v) is 3.68. The maximum atomic E-state index is 13.6. The number of ether oxygens (including phenoxy) is 3. The molecule has 4 rings (SSSR count). The van der Waals surface area contributed by atoms with E-state index >= 15 is 0 Å². The summed E-state index contributed by atoms with van der Waals surface area (Å²) in [6.45, 7) is 4.06. The molecule has 38 heavy (non-hydrogen) atoms. The number of benzene rings is 3. The second-order valence-corrected chi connectivity index (χ2v) is 7.93. The first-order chi connectivity index (χ1) is 18.2. The van der Waals surface area contributed by atoms with Gasteiger partial charge in [0.05, 0.1) is 37.2 Å². The molecule has 0 fully saturated rings. The van der Waals surface area contributed by atoms with Crippen LogP contribution in [0.15, 0.2) is 60.7 Å². The zero-order valence-corrected chi connectivity index (χ0v) is 20.8. The first kappa shape index (κ1) is 26.5. The number of amides is 1. The van der Waals surface area contributed by atoms with Gasteiger partial charge in [-0.25, -0.2) is 9.97 Å². The van der Waals surface area contributed by atoms with Crippen LogP contribution in [0.5, 0.6) is 17.2 Å². The lowest BCUT2D eigenvalue weighted by atomic mass is 10.1. The number of nitrogens with zero attached hydrogens (tertiary/aromatic N) is 2. The zero-order valence-electron chi connectivity index (χ0n) is 20.8. The SMILES string of the molecule is CCOc1cc(Nc2nc(C(F)(F)F)nc3cc(OC)ccc23)c(OCC)cc1NC(=O)c1ccccc1. The third kappa shape index (κ3) is 5.88. The number of alkyl halides is 3. The van der Waals surface area contributed by atoms with Gasteiger partial charge in [0.15, 0.2) is 0 Å². The van der Waals surface area contributed by atoms with E-state index in [-0.39, 0.29) is 41.9 Å². The molecule has 2 N–H and O–H groups in total. The molecule has 0 saturated heterocycles. The Hall–Kier alpha value is -4.54. The largest absolute Gasteiger partial charge is 0.497 e. The Labute approximate surface area is 216 Å². The monoisotopic (exact) mass is 526 g/mol. The summed E-state index contributed by atoms with van der Waals surface area (Å²) in [6, 6.07) is 16.3. The van der Waals surface area contributed by atoms with Crippen LogP contribution in [-0.4, -0.2) is 36.2 Å². The molecule has 0 aliphatic rings. The van der Waals surface area contributed by atoms with Crippen molar-refractivity contribution >= 4 is 34.0 Å². The maximum Gasteiger partial charge on any atom is 0.451 e. The number of aromatic nitrogens is 2. The molecule has 0 bridgehead atoms. The van der Waals surface area contributed by atoms with Gasteiger partial charge >= 0.3 is 6.18 Å². The average Bonchev–Trinajstić information content (AvgIpc) is 2.90. The van der Waals surface area contributed by atoms with Gasteiger partial charge < -0.3 is 24.8 Å². The molecule has 0 aliphatic carbocycles. The van der Waals surface area contributed by atoms with Gasteiger partial charge in [0.25, 0.3) is 5.91 Å². The molecule has 0 unspecified atom stereocenters. The van der Waals surface area contributed by atoms with E-state index in [2.05, 4.69) is 20.6 Å². The van der Waals surface area contributed by atoms with Gasteiger partial charge in [0, 0.05) is 29.1 Å². The van der Waals surface area contributed by atoms with E-state index in [1.165, 1.54) is 13.2 Å². The van der Waals surface area contributed by atoms with Crippen LogP contribution in [0.25, 0.3) is 10.9 Å². The van der Waals surface area contributed by atoms with E-state index < -0.39 is 12.0 Å². The number of carbonyl (C=O) groups excluding carboxylic acids is 1. The highest BCUT2D eigenvalue weighted by Gasteiger charge is 2.35. The molecule has 11 heteroatoms. The minimum atomic E-state index is -4.78. The normalized spacial score (nSPS) is 11.2. The van der Waals surface area contributed by atoms with Gasteiger partial charge in [0.2, 0.25) is 5.82 Å². The number of hydrogen-bond acceptors (Lipinski definition) is 7. The highest BCUT2D eigenvalue weighted by molar-refractivity contribution is 6.05.